The number of aliphatic hydroxyl groups excluding tert-OH is 1. The van der Waals surface area contributed by atoms with Crippen molar-refractivity contribution in [2.45, 2.75) is 12.8 Å². The molecular formula is C17H18ClFO2. The van der Waals surface area contributed by atoms with Gasteiger partial charge in [0.1, 0.15) is 11.6 Å². The lowest BCUT2D eigenvalue weighted by atomic mass is 9.92. The van der Waals surface area contributed by atoms with E-state index in [1.54, 1.807) is 13.2 Å². The minimum Gasteiger partial charge on any atom is -0.496 e. The number of para-hydroxylation sites is 1. The van der Waals surface area contributed by atoms with Gasteiger partial charge >= 0.3 is 0 Å². The summed E-state index contributed by atoms with van der Waals surface area (Å²) in [5.74, 6) is 0.435. The highest BCUT2D eigenvalue weighted by molar-refractivity contribution is 6.31. The SMILES string of the molecule is COc1ccccc1CC(CO)Cc1cc(F)ccc1Cl. The van der Waals surface area contributed by atoms with Gasteiger partial charge in [-0.25, -0.2) is 4.39 Å². The van der Waals surface area contributed by atoms with Crippen LogP contribution in [0.2, 0.25) is 5.02 Å². The van der Waals surface area contributed by atoms with E-state index in [-0.39, 0.29) is 18.3 Å². The number of rotatable bonds is 6. The number of hydrogen-bond acceptors (Lipinski definition) is 2. The number of benzene rings is 2. The molecule has 0 bridgehead atoms. The molecule has 112 valence electrons. The van der Waals surface area contributed by atoms with E-state index >= 15 is 0 Å². The monoisotopic (exact) mass is 308 g/mol. The highest BCUT2D eigenvalue weighted by atomic mass is 35.5. The van der Waals surface area contributed by atoms with Crippen LogP contribution in [0.25, 0.3) is 0 Å². The van der Waals surface area contributed by atoms with E-state index in [0.717, 1.165) is 11.3 Å². The molecule has 0 aliphatic rings. The zero-order valence-electron chi connectivity index (χ0n) is 11.9. The van der Waals surface area contributed by atoms with Crippen LogP contribution >= 0.6 is 11.6 Å². The van der Waals surface area contributed by atoms with Crippen molar-refractivity contribution in [1.82, 2.24) is 0 Å². The number of halogens is 2. The molecule has 2 aromatic carbocycles. The molecule has 0 saturated heterocycles. The summed E-state index contributed by atoms with van der Waals surface area (Å²) in [6, 6.07) is 12.0. The fourth-order valence-electron chi connectivity index (χ4n) is 2.39. The van der Waals surface area contributed by atoms with Crippen LogP contribution in [0.15, 0.2) is 42.5 Å². The summed E-state index contributed by atoms with van der Waals surface area (Å²) in [6.07, 6.45) is 1.17. The molecule has 0 aliphatic carbocycles. The molecule has 21 heavy (non-hydrogen) atoms. The lowest BCUT2D eigenvalue weighted by molar-refractivity contribution is 0.224. The molecule has 0 fully saturated rings. The Morgan fingerprint density at radius 1 is 1.14 bits per heavy atom. The molecule has 0 heterocycles. The van der Waals surface area contributed by atoms with E-state index in [4.69, 9.17) is 16.3 Å². The predicted molar refractivity (Wildman–Crippen MR) is 82.4 cm³/mol. The average Bonchev–Trinajstić information content (AvgIpc) is 2.50. The third-order valence-corrected chi connectivity index (χ3v) is 3.84. The Hall–Kier alpha value is -1.58. The highest BCUT2D eigenvalue weighted by Crippen LogP contribution is 2.25. The molecule has 2 rings (SSSR count). The van der Waals surface area contributed by atoms with E-state index < -0.39 is 0 Å². The van der Waals surface area contributed by atoms with E-state index in [9.17, 15) is 9.50 Å². The maximum Gasteiger partial charge on any atom is 0.123 e. The van der Waals surface area contributed by atoms with Crippen molar-refractivity contribution in [3.05, 3.63) is 64.4 Å². The Bertz CT molecular complexity index is 601. The van der Waals surface area contributed by atoms with Gasteiger partial charge in [-0.05, 0) is 54.2 Å². The van der Waals surface area contributed by atoms with Crippen LogP contribution < -0.4 is 4.74 Å². The zero-order chi connectivity index (χ0) is 15.2. The first-order valence-corrected chi connectivity index (χ1v) is 7.18. The quantitative estimate of drug-likeness (QED) is 0.877. The lowest BCUT2D eigenvalue weighted by Crippen LogP contribution is -2.14. The summed E-state index contributed by atoms with van der Waals surface area (Å²) in [6.45, 7) is 0.00485. The first-order valence-electron chi connectivity index (χ1n) is 6.80. The van der Waals surface area contributed by atoms with Gasteiger partial charge in [0.05, 0.1) is 7.11 Å². The molecule has 0 aliphatic heterocycles. The smallest absolute Gasteiger partial charge is 0.123 e. The Labute approximate surface area is 129 Å². The number of hydrogen-bond donors (Lipinski definition) is 1. The van der Waals surface area contributed by atoms with Crippen molar-refractivity contribution in [1.29, 1.82) is 0 Å². The third kappa shape index (κ3) is 4.19. The Morgan fingerprint density at radius 2 is 1.86 bits per heavy atom. The van der Waals surface area contributed by atoms with Gasteiger partial charge in [0.25, 0.3) is 0 Å². The fraction of sp³-hybridized carbons (Fsp3) is 0.294. The second-order valence-corrected chi connectivity index (χ2v) is 5.41. The van der Waals surface area contributed by atoms with Gasteiger partial charge in [-0.15, -0.1) is 0 Å². The summed E-state index contributed by atoms with van der Waals surface area (Å²) in [7, 11) is 1.62. The predicted octanol–water partition coefficient (Wildman–Crippen LogP) is 3.88. The second-order valence-electron chi connectivity index (χ2n) is 5.00. The van der Waals surface area contributed by atoms with Gasteiger partial charge in [-0.2, -0.15) is 0 Å². The van der Waals surface area contributed by atoms with E-state index in [1.807, 2.05) is 24.3 Å². The number of aliphatic hydroxyl groups is 1. The van der Waals surface area contributed by atoms with Crippen molar-refractivity contribution in [2.24, 2.45) is 5.92 Å². The second kappa shape index (κ2) is 7.43. The largest absolute Gasteiger partial charge is 0.496 e. The summed E-state index contributed by atoms with van der Waals surface area (Å²) < 4.78 is 18.6. The summed E-state index contributed by atoms with van der Waals surface area (Å²) in [5.41, 5.74) is 1.73. The first-order chi connectivity index (χ1) is 10.1. The molecule has 0 saturated carbocycles. The topological polar surface area (TPSA) is 29.5 Å². The van der Waals surface area contributed by atoms with Crippen molar-refractivity contribution >= 4 is 11.6 Å². The van der Waals surface area contributed by atoms with Crippen LogP contribution in [0.1, 0.15) is 11.1 Å². The van der Waals surface area contributed by atoms with Gasteiger partial charge in [-0.1, -0.05) is 29.8 Å². The molecule has 2 nitrogen and oxygen atoms in total. The van der Waals surface area contributed by atoms with Gasteiger partial charge in [0.2, 0.25) is 0 Å². The maximum absolute atomic E-state index is 13.3. The Kier molecular flexibility index (Phi) is 5.59. The van der Waals surface area contributed by atoms with Crippen LogP contribution in [0.3, 0.4) is 0 Å². The minimum absolute atomic E-state index is 0.00485. The van der Waals surface area contributed by atoms with Crippen molar-refractivity contribution in [3.63, 3.8) is 0 Å². The number of ether oxygens (including phenoxy) is 1. The molecule has 1 atom stereocenters. The zero-order valence-corrected chi connectivity index (χ0v) is 12.6. The Balaban J connectivity index is 2.15. The van der Waals surface area contributed by atoms with E-state index in [2.05, 4.69) is 0 Å². The molecule has 0 amide bonds. The van der Waals surface area contributed by atoms with Crippen LogP contribution in [-0.2, 0) is 12.8 Å². The van der Waals surface area contributed by atoms with Crippen LogP contribution in [0.4, 0.5) is 4.39 Å². The first kappa shape index (κ1) is 15.8. The normalized spacial score (nSPS) is 12.2. The fourth-order valence-corrected chi connectivity index (χ4v) is 2.59. The maximum atomic E-state index is 13.3. The van der Waals surface area contributed by atoms with Crippen molar-refractivity contribution in [3.8, 4) is 5.75 Å². The van der Waals surface area contributed by atoms with Crippen molar-refractivity contribution < 1.29 is 14.2 Å². The standard InChI is InChI=1S/C17H18ClFO2/c1-21-17-5-3-2-4-13(17)8-12(11-20)9-14-10-15(19)6-7-16(14)18/h2-7,10,12,20H,8-9,11H2,1H3. The minimum atomic E-state index is -0.316. The molecule has 0 spiro atoms. The van der Waals surface area contributed by atoms with E-state index in [0.29, 0.717) is 23.4 Å². The molecule has 1 N–H and O–H groups in total. The highest BCUT2D eigenvalue weighted by Gasteiger charge is 2.14. The van der Waals surface area contributed by atoms with E-state index in [1.165, 1.54) is 12.1 Å². The van der Waals surface area contributed by atoms with Gasteiger partial charge in [-0.3, -0.25) is 0 Å². The molecule has 4 heteroatoms. The average molecular weight is 309 g/mol. The number of methoxy groups -OCH3 is 1. The summed E-state index contributed by atoms with van der Waals surface area (Å²) in [4.78, 5) is 0. The van der Waals surface area contributed by atoms with Gasteiger partial charge in [0, 0.05) is 11.6 Å². The molecule has 0 aromatic heterocycles. The third-order valence-electron chi connectivity index (χ3n) is 3.48. The molecular weight excluding hydrogens is 291 g/mol. The van der Waals surface area contributed by atoms with Gasteiger partial charge < -0.3 is 9.84 Å². The summed E-state index contributed by atoms with van der Waals surface area (Å²) >= 11 is 6.09. The van der Waals surface area contributed by atoms with Crippen molar-refractivity contribution in [2.75, 3.05) is 13.7 Å². The van der Waals surface area contributed by atoms with Crippen LogP contribution in [0.5, 0.6) is 5.75 Å². The summed E-state index contributed by atoms with van der Waals surface area (Å²) in [5, 5.41) is 10.1. The van der Waals surface area contributed by atoms with Crippen LogP contribution in [0, 0.1) is 11.7 Å². The Morgan fingerprint density at radius 3 is 2.57 bits per heavy atom. The molecule has 1 unspecified atom stereocenters. The van der Waals surface area contributed by atoms with Crippen LogP contribution in [-0.4, -0.2) is 18.8 Å². The molecule has 0 radical (unpaired) electrons. The van der Waals surface area contributed by atoms with Gasteiger partial charge in [0.15, 0.2) is 0 Å². The lowest BCUT2D eigenvalue weighted by Gasteiger charge is -2.17. The molecule has 2 aromatic rings.